The number of ether oxygens (including phenoxy) is 1. The number of piperidine rings is 1. The third-order valence-electron chi connectivity index (χ3n) is 18.8. The molecule has 2 aromatic carbocycles. The van der Waals surface area contributed by atoms with Crippen LogP contribution in [0.15, 0.2) is 66.9 Å². The fourth-order valence-electron chi connectivity index (χ4n) is 15.8. The molecule has 6 heterocycles. The van der Waals surface area contributed by atoms with Gasteiger partial charge in [-0.15, -0.1) is 10.2 Å². The smallest absolute Gasteiger partial charge is 0.355 e. The molecular formula is C66H83N13O8S. The Morgan fingerprint density at radius 2 is 1.53 bits per heavy atom. The van der Waals surface area contributed by atoms with Crippen LogP contribution in [-0.2, 0) is 25.7 Å². The van der Waals surface area contributed by atoms with Crippen molar-refractivity contribution in [3.05, 3.63) is 94.9 Å². The molecule has 12 rings (SSSR count). The summed E-state index contributed by atoms with van der Waals surface area (Å²) in [6, 6.07) is 17.6. The molecule has 1 saturated heterocycles. The van der Waals surface area contributed by atoms with Crippen molar-refractivity contribution >= 4 is 85.3 Å². The molecule has 6 aliphatic rings. The van der Waals surface area contributed by atoms with Crippen molar-refractivity contribution in [2.75, 3.05) is 69.5 Å². The molecule has 5 amide bonds. The van der Waals surface area contributed by atoms with E-state index in [1.54, 1.807) is 29.3 Å². The second-order valence-electron chi connectivity index (χ2n) is 26.7. The fourth-order valence-corrected chi connectivity index (χ4v) is 16.7. The molecule has 466 valence electrons. The SMILES string of the molecule is Cc1cc(N(CCCCN(C)C(=O)CCCCCCCCNc2cccc3c2C(=O)N(C2CCC(=O)NC2=O)C3=O)c2ccc(-c3cnn(CC45CC6(C)CC(C)(C4)CC(OCCN(C)C)(C6)C5)c3C)c(C(=O)O)n2)nnc1Nc1nc2ccccc2s1. The topological polar surface area (TPSA) is 250 Å². The Morgan fingerprint density at radius 3 is 2.27 bits per heavy atom. The molecule has 22 heteroatoms. The summed E-state index contributed by atoms with van der Waals surface area (Å²) >= 11 is 1.53. The maximum atomic E-state index is 13.5. The third kappa shape index (κ3) is 13.2. The van der Waals surface area contributed by atoms with E-state index in [9.17, 15) is 33.9 Å². The number of fused-ring (bicyclic) bond motifs is 2. The number of hydrogen-bond acceptors (Lipinski definition) is 17. The van der Waals surface area contributed by atoms with Crippen LogP contribution >= 0.6 is 11.3 Å². The second-order valence-corrected chi connectivity index (χ2v) is 27.7. The number of carbonyl (C=O) groups excluding carboxylic acids is 5. The number of carbonyl (C=O) groups is 6. The van der Waals surface area contributed by atoms with Gasteiger partial charge in [0.25, 0.3) is 11.8 Å². The van der Waals surface area contributed by atoms with Gasteiger partial charge in [0.15, 0.2) is 22.5 Å². The van der Waals surface area contributed by atoms with Crippen molar-refractivity contribution in [2.45, 2.75) is 155 Å². The van der Waals surface area contributed by atoms with E-state index in [-0.39, 0.29) is 57.4 Å². The number of nitrogens with one attached hydrogen (secondary N) is 3. The van der Waals surface area contributed by atoms with Crippen molar-refractivity contribution in [1.82, 2.24) is 50.0 Å². The number of pyridine rings is 1. The summed E-state index contributed by atoms with van der Waals surface area (Å²) in [6.45, 7) is 12.8. The summed E-state index contributed by atoms with van der Waals surface area (Å²) in [7, 11) is 6.01. The quantitative estimate of drug-likeness (QED) is 0.0263. The van der Waals surface area contributed by atoms with Crippen LogP contribution < -0.4 is 20.9 Å². The normalized spacial score (nSPS) is 22.9. The number of unbranched alkanes of at least 4 members (excludes halogenated alkanes) is 6. The molecule has 4 aliphatic carbocycles. The van der Waals surface area contributed by atoms with Gasteiger partial charge in [0.1, 0.15) is 11.9 Å². The molecule has 88 heavy (non-hydrogen) atoms. The van der Waals surface area contributed by atoms with E-state index in [4.69, 9.17) is 24.9 Å². The van der Waals surface area contributed by atoms with Crippen molar-refractivity contribution in [2.24, 2.45) is 16.2 Å². The highest BCUT2D eigenvalue weighted by Crippen LogP contribution is 2.72. The molecule has 3 unspecified atom stereocenters. The van der Waals surface area contributed by atoms with E-state index in [2.05, 4.69) is 58.6 Å². The minimum atomic E-state index is -1.15. The molecule has 5 fully saturated rings. The van der Waals surface area contributed by atoms with Gasteiger partial charge in [-0.3, -0.25) is 38.9 Å². The van der Waals surface area contributed by atoms with Crippen LogP contribution in [0, 0.1) is 30.1 Å². The summed E-state index contributed by atoms with van der Waals surface area (Å²) in [5, 5.41) is 34.8. The minimum absolute atomic E-state index is 0.00485. The molecule has 0 radical (unpaired) electrons. The Morgan fingerprint density at radius 1 is 0.784 bits per heavy atom. The standard InChI is InChI=1S/C66H83N13O8S/c1-42-33-52(73-74-57(42)72-62-69-47-20-13-14-22-50(47)88-62)77(30-17-16-29-76(7)54(81)23-12-10-8-9-11-15-28-67-48-21-18-19-45-55(48)60(84)79(59(45)83)49-25-27-53(80)71-58(49)82)51-26-24-44(56(70-51)61(85)86)46-34-68-78(43(46)2)41-65-36-63(3)35-64(4,37-65)39-66(38-63,40-65)87-32-31-75(5)6/h13-14,18-22,24,26,33-34,49,67H,8-12,15-17,23,25,27-32,35-41H2,1-7H3,(H,85,86)(H,69,72,74)(H,71,80,82). The number of nitrogens with zero attached hydrogens (tertiary/aromatic N) is 10. The van der Waals surface area contributed by atoms with Gasteiger partial charge in [-0.1, -0.05) is 69.1 Å². The number of likely N-dealkylation sites (N-methyl/N-ethyl adjacent to an activating group) is 1. The van der Waals surface area contributed by atoms with Gasteiger partial charge in [0.05, 0.1) is 39.7 Å². The summed E-state index contributed by atoms with van der Waals surface area (Å²) in [6.07, 6.45) is 15.7. The summed E-state index contributed by atoms with van der Waals surface area (Å²) in [5.41, 5.74) is 5.00. The highest BCUT2D eigenvalue weighted by molar-refractivity contribution is 7.22. The molecule has 3 atom stereocenters. The van der Waals surface area contributed by atoms with Gasteiger partial charge in [0.2, 0.25) is 17.7 Å². The largest absolute Gasteiger partial charge is 0.476 e. The lowest BCUT2D eigenvalue weighted by molar-refractivity contribution is -0.248. The summed E-state index contributed by atoms with van der Waals surface area (Å²) < 4.78 is 10.1. The van der Waals surface area contributed by atoms with Crippen LogP contribution in [0.3, 0.4) is 0 Å². The van der Waals surface area contributed by atoms with Crippen LogP contribution in [0.25, 0.3) is 21.3 Å². The molecule has 4 N–H and O–H groups in total. The van der Waals surface area contributed by atoms with Crippen molar-refractivity contribution in [3.8, 4) is 11.1 Å². The van der Waals surface area contributed by atoms with Gasteiger partial charge in [0, 0.05) is 75.1 Å². The fraction of sp³-hybridized carbons (Fsp3) is 0.530. The van der Waals surface area contributed by atoms with Gasteiger partial charge in [-0.25, -0.2) is 14.8 Å². The molecule has 2 aliphatic heterocycles. The van der Waals surface area contributed by atoms with Crippen molar-refractivity contribution in [1.29, 1.82) is 0 Å². The third-order valence-corrected chi connectivity index (χ3v) is 19.7. The van der Waals surface area contributed by atoms with Crippen molar-refractivity contribution in [3.63, 3.8) is 0 Å². The highest BCUT2D eigenvalue weighted by Gasteiger charge is 2.66. The molecule has 0 spiro atoms. The second kappa shape index (κ2) is 25.4. The van der Waals surface area contributed by atoms with Crippen LogP contribution in [-0.4, -0.2) is 151 Å². The number of carboxylic acids is 1. The lowest BCUT2D eigenvalue weighted by atomic mass is 9.39. The first-order chi connectivity index (χ1) is 42.1. The summed E-state index contributed by atoms with van der Waals surface area (Å²) in [5.74, 6) is -1.72. The zero-order chi connectivity index (χ0) is 62.1. The number of carboxylic acid groups (broad SMARTS) is 1. The van der Waals surface area contributed by atoms with E-state index in [1.807, 2.05) is 68.3 Å². The van der Waals surface area contributed by atoms with Gasteiger partial charge >= 0.3 is 5.97 Å². The van der Waals surface area contributed by atoms with E-state index >= 15 is 0 Å². The van der Waals surface area contributed by atoms with E-state index in [0.717, 1.165) is 116 Å². The first kappa shape index (κ1) is 61.9. The zero-order valence-corrected chi connectivity index (χ0v) is 52.7. The van der Waals surface area contributed by atoms with Gasteiger partial charge in [-0.05, 0) is 163 Å². The maximum absolute atomic E-state index is 13.5. The Balaban J connectivity index is 0.700. The number of thiazole rings is 1. The first-order valence-electron chi connectivity index (χ1n) is 31.3. The number of anilines is 5. The number of para-hydroxylation sites is 1. The molecule has 4 bridgehead atoms. The molecule has 4 aromatic heterocycles. The lowest BCUT2D eigenvalue weighted by Gasteiger charge is -2.69. The number of amides is 5. The average molecular weight is 1220 g/mol. The predicted molar refractivity (Wildman–Crippen MR) is 338 cm³/mol. The molecular weight excluding hydrogens is 1130 g/mol. The van der Waals surface area contributed by atoms with E-state index < -0.39 is 35.6 Å². The lowest BCUT2D eigenvalue weighted by Crippen LogP contribution is -2.64. The van der Waals surface area contributed by atoms with E-state index in [1.165, 1.54) is 17.8 Å². The first-order valence-corrected chi connectivity index (χ1v) is 32.1. The Labute approximate surface area is 518 Å². The average Bonchev–Trinajstić information content (AvgIpc) is 0.956. The number of imide groups is 2. The highest BCUT2D eigenvalue weighted by atomic mass is 32.1. The number of benzene rings is 2. The van der Waals surface area contributed by atoms with Gasteiger partial charge in [-0.2, -0.15) is 5.10 Å². The van der Waals surface area contributed by atoms with E-state index in [0.29, 0.717) is 79.3 Å². The van der Waals surface area contributed by atoms with Crippen molar-refractivity contribution < 1.29 is 38.6 Å². The molecule has 6 aromatic rings. The van der Waals surface area contributed by atoms with Crippen LogP contribution in [0.2, 0.25) is 0 Å². The predicted octanol–water partition coefficient (Wildman–Crippen LogP) is 10.7. The van der Waals surface area contributed by atoms with Crippen LogP contribution in [0.4, 0.5) is 28.3 Å². The number of aryl methyl sites for hydroxylation is 1. The minimum Gasteiger partial charge on any atom is -0.476 e. The Kier molecular flexibility index (Phi) is 17.9. The Hall–Kier alpha value is -7.69. The number of hydrogen-bond donors (Lipinski definition) is 4. The number of rotatable bonds is 28. The Bertz CT molecular complexity index is 3600. The maximum Gasteiger partial charge on any atom is 0.355 e. The monoisotopic (exact) mass is 1220 g/mol. The molecule has 4 saturated carbocycles. The van der Waals surface area contributed by atoms with Gasteiger partial charge < -0.3 is 35.2 Å². The van der Waals surface area contributed by atoms with Crippen LogP contribution in [0.5, 0.6) is 0 Å². The molecule has 21 nitrogen and oxygen atoms in total. The summed E-state index contributed by atoms with van der Waals surface area (Å²) in [4.78, 5) is 94.2. The number of aromatic carboxylic acids is 1. The van der Waals surface area contributed by atoms with Crippen LogP contribution in [0.1, 0.15) is 165 Å². The zero-order valence-electron chi connectivity index (χ0n) is 51.9. The number of aromatic nitrogens is 6.